The Morgan fingerprint density at radius 2 is 2.17 bits per heavy atom. The van der Waals surface area contributed by atoms with E-state index in [1.807, 2.05) is 13.8 Å². The molecular weight excluding hydrogens is 156 g/mol. The maximum Gasteiger partial charge on any atom is 0.163 e. The lowest BCUT2D eigenvalue weighted by atomic mass is 10.0. The molecule has 0 saturated carbocycles. The van der Waals surface area contributed by atoms with Crippen molar-refractivity contribution < 1.29 is 14.2 Å². The Balaban J connectivity index is 2.42. The van der Waals surface area contributed by atoms with Gasteiger partial charge in [-0.05, 0) is 20.8 Å². The van der Waals surface area contributed by atoms with Crippen molar-refractivity contribution in [2.75, 3.05) is 20.3 Å². The van der Waals surface area contributed by atoms with E-state index in [1.54, 1.807) is 7.11 Å². The van der Waals surface area contributed by atoms with Crippen LogP contribution in [-0.4, -0.2) is 32.2 Å². The van der Waals surface area contributed by atoms with Crippen LogP contribution in [0.25, 0.3) is 0 Å². The highest BCUT2D eigenvalue weighted by Gasteiger charge is 2.33. The fourth-order valence-corrected chi connectivity index (χ4v) is 1.42. The lowest BCUT2D eigenvalue weighted by molar-refractivity contribution is -0.292. The van der Waals surface area contributed by atoms with Crippen molar-refractivity contribution in [3.05, 3.63) is 0 Å². The van der Waals surface area contributed by atoms with Crippen LogP contribution in [0.15, 0.2) is 0 Å². The summed E-state index contributed by atoms with van der Waals surface area (Å²) in [6.45, 7) is 7.37. The predicted molar refractivity (Wildman–Crippen MR) is 45.9 cm³/mol. The van der Waals surface area contributed by atoms with Crippen LogP contribution in [0, 0.1) is 5.92 Å². The molecule has 0 bridgehead atoms. The number of rotatable bonds is 2. The Labute approximate surface area is 74.0 Å². The maximum absolute atomic E-state index is 5.64. The van der Waals surface area contributed by atoms with E-state index in [0.29, 0.717) is 12.5 Å². The van der Waals surface area contributed by atoms with Crippen molar-refractivity contribution in [1.82, 2.24) is 0 Å². The minimum absolute atomic E-state index is 0.216. The molecule has 0 aromatic carbocycles. The molecule has 1 heterocycles. The number of hydrogen-bond donors (Lipinski definition) is 0. The van der Waals surface area contributed by atoms with Crippen LogP contribution in [0.5, 0.6) is 0 Å². The number of hydrogen-bond acceptors (Lipinski definition) is 3. The topological polar surface area (TPSA) is 27.7 Å². The largest absolute Gasteiger partial charge is 0.384 e. The van der Waals surface area contributed by atoms with Gasteiger partial charge in [-0.3, -0.25) is 0 Å². The summed E-state index contributed by atoms with van der Waals surface area (Å²) in [4.78, 5) is 0. The Hall–Kier alpha value is -0.120. The molecule has 2 atom stereocenters. The Morgan fingerprint density at radius 1 is 1.50 bits per heavy atom. The summed E-state index contributed by atoms with van der Waals surface area (Å²) in [6, 6.07) is 0. The summed E-state index contributed by atoms with van der Waals surface area (Å²) in [5.74, 6) is -0.0630. The average Bonchev–Trinajstić information content (AvgIpc) is 1.94. The highest BCUT2D eigenvalue weighted by molar-refractivity contribution is 4.73. The Kier molecular flexibility index (Phi) is 3.09. The van der Waals surface area contributed by atoms with Crippen molar-refractivity contribution in [3.63, 3.8) is 0 Å². The van der Waals surface area contributed by atoms with Crippen LogP contribution in [0.2, 0.25) is 0 Å². The summed E-state index contributed by atoms with van der Waals surface area (Å²) in [5, 5.41) is 0. The van der Waals surface area contributed by atoms with Gasteiger partial charge in [0.05, 0.1) is 19.3 Å². The van der Waals surface area contributed by atoms with Crippen LogP contribution in [0.4, 0.5) is 0 Å². The van der Waals surface area contributed by atoms with E-state index < -0.39 is 5.79 Å². The van der Waals surface area contributed by atoms with Gasteiger partial charge in [-0.25, -0.2) is 0 Å². The summed E-state index contributed by atoms with van der Waals surface area (Å²) in [6.07, 6.45) is 0.216. The summed E-state index contributed by atoms with van der Waals surface area (Å²) >= 11 is 0. The molecule has 0 aromatic heterocycles. The van der Waals surface area contributed by atoms with Gasteiger partial charge in [0.25, 0.3) is 0 Å². The van der Waals surface area contributed by atoms with E-state index >= 15 is 0 Å². The van der Waals surface area contributed by atoms with Crippen molar-refractivity contribution in [1.29, 1.82) is 0 Å². The molecule has 2 unspecified atom stereocenters. The number of ether oxygens (including phenoxy) is 3. The lowest BCUT2D eigenvalue weighted by Crippen LogP contribution is -2.45. The smallest absolute Gasteiger partial charge is 0.163 e. The quantitative estimate of drug-likeness (QED) is 0.633. The van der Waals surface area contributed by atoms with Gasteiger partial charge in [-0.15, -0.1) is 0 Å². The third-order valence-corrected chi connectivity index (χ3v) is 2.16. The zero-order chi connectivity index (χ0) is 9.19. The molecule has 1 aliphatic heterocycles. The molecule has 0 spiro atoms. The van der Waals surface area contributed by atoms with E-state index in [4.69, 9.17) is 14.2 Å². The summed E-state index contributed by atoms with van der Waals surface area (Å²) in [5.41, 5.74) is 0. The normalized spacial score (nSPS) is 35.0. The number of methoxy groups -OCH3 is 1. The second-order valence-corrected chi connectivity index (χ2v) is 3.75. The first-order chi connectivity index (χ1) is 5.55. The minimum atomic E-state index is -0.427. The van der Waals surface area contributed by atoms with E-state index in [-0.39, 0.29) is 6.10 Å². The van der Waals surface area contributed by atoms with Gasteiger partial charge in [-0.2, -0.15) is 0 Å². The Bertz CT molecular complexity index is 145. The minimum Gasteiger partial charge on any atom is -0.384 e. The van der Waals surface area contributed by atoms with Gasteiger partial charge in [0.15, 0.2) is 5.79 Å². The van der Waals surface area contributed by atoms with Crippen molar-refractivity contribution in [3.8, 4) is 0 Å². The van der Waals surface area contributed by atoms with Gasteiger partial charge < -0.3 is 14.2 Å². The van der Waals surface area contributed by atoms with Crippen LogP contribution >= 0.6 is 0 Å². The van der Waals surface area contributed by atoms with Crippen LogP contribution in [-0.2, 0) is 14.2 Å². The predicted octanol–water partition coefficient (Wildman–Crippen LogP) is 1.42. The van der Waals surface area contributed by atoms with E-state index in [2.05, 4.69) is 6.92 Å². The molecule has 1 aliphatic rings. The molecule has 1 fully saturated rings. The molecule has 3 nitrogen and oxygen atoms in total. The maximum atomic E-state index is 5.64. The zero-order valence-electron chi connectivity index (χ0n) is 8.29. The standard InChI is InChI=1S/C9H18O3/c1-7-8(5-10-4)6-11-9(2,3)12-7/h7-8H,5-6H2,1-4H3. The van der Waals surface area contributed by atoms with Crippen molar-refractivity contribution in [2.24, 2.45) is 5.92 Å². The molecule has 3 heteroatoms. The monoisotopic (exact) mass is 174 g/mol. The van der Waals surface area contributed by atoms with Crippen molar-refractivity contribution >= 4 is 0 Å². The van der Waals surface area contributed by atoms with E-state index in [9.17, 15) is 0 Å². The molecule has 0 aliphatic carbocycles. The van der Waals surface area contributed by atoms with Crippen LogP contribution in [0.3, 0.4) is 0 Å². The summed E-state index contributed by atoms with van der Waals surface area (Å²) < 4.78 is 16.2. The molecule has 12 heavy (non-hydrogen) atoms. The second kappa shape index (κ2) is 3.73. The third-order valence-electron chi connectivity index (χ3n) is 2.16. The molecule has 1 rings (SSSR count). The fraction of sp³-hybridized carbons (Fsp3) is 1.00. The van der Waals surface area contributed by atoms with Gasteiger partial charge >= 0.3 is 0 Å². The Morgan fingerprint density at radius 3 is 2.67 bits per heavy atom. The van der Waals surface area contributed by atoms with Crippen molar-refractivity contribution in [2.45, 2.75) is 32.7 Å². The molecule has 0 amide bonds. The zero-order valence-corrected chi connectivity index (χ0v) is 8.29. The van der Waals surface area contributed by atoms with Crippen LogP contribution in [0.1, 0.15) is 20.8 Å². The molecule has 0 aromatic rings. The molecule has 72 valence electrons. The highest BCUT2D eigenvalue weighted by atomic mass is 16.7. The van der Waals surface area contributed by atoms with E-state index in [0.717, 1.165) is 6.61 Å². The van der Waals surface area contributed by atoms with Crippen LogP contribution < -0.4 is 0 Å². The molecule has 0 radical (unpaired) electrons. The van der Waals surface area contributed by atoms with E-state index in [1.165, 1.54) is 0 Å². The summed E-state index contributed by atoms with van der Waals surface area (Å²) in [7, 11) is 1.70. The third kappa shape index (κ3) is 2.44. The first-order valence-electron chi connectivity index (χ1n) is 4.36. The van der Waals surface area contributed by atoms with Gasteiger partial charge in [-0.1, -0.05) is 0 Å². The van der Waals surface area contributed by atoms with Gasteiger partial charge in [0.1, 0.15) is 0 Å². The van der Waals surface area contributed by atoms with Gasteiger partial charge in [0.2, 0.25) is 0 Å². The average molecular weight is 174 g/mol. The lowest BCUT2D eigenvalue weighted by Gasteiger charge is -2.39. The second-order valence-electron chi connectivity index (χ2n) is 3.75. The molecule has 1 saturated heterocycles. The van der Waals surface area contributed by atoms with Gasteiger partial charge in [0, 0.05) is 13.0 Å². The molecule has 0 N–H and O–H groups in total. The highest BCUT2D eigenvalue weighted by Crippen LogP contribution is 2.25. The first kappa shape index (κ1) is 9.96. The first-order valence-corrected chi connectivity index (χ1v) is 4.36. The fourth-order valence-electron chi connectivity index (χ4n) is 1.42. The SMILES string of the molecule is COCC1COC(C)(C)OC1C. The molecular formula is C9H18O3.